The molecule has 1 atom stereocenters. The Morgan fingerprint density at radius 3 is 2.31 bits per heavy atom. The van der Waals surface area contributed by atoms with Crippen molar-refractivity contribution < 1.29 is 19.1 Å². The summed E-state index contributed by atoms with van der Waals surface area (Å²) in [6, 6.07) is 8.00. The zero-order valence-corrected chi connectivity index (χ0v) is 16.5. The minimum atomic E-state index is -0.778. The molecule has 7 heteroatoms. The molecule has 0 saturated carbocycles. The number of carbonyl (C=O) groups excluding carboxylic acids is 2. The van der Waals surface area contributed by atoms with Gasteiger partial charge in [-0.15, -0.1) is 0 Å². The molecule has 3 rings (SSSR count). The van der Waals surface area contributed by atoms with Crippen molar-refractivity contribution >= 4 is 17.4 Å². The number of aliphatic hydroxyl groups is 1. The Bertz CT molecular complexity index is 909. The van der Waals surface area contributed by atoms with E-state index in [1.165, 1.54) is 41.6 Å². The average molecular weight is 397 g/mol. The number of halogens is 1. The molecule has 1 aromatic heterocycles. The average Bonchev–Trinajstić information content (AvgIpc) is 3.00. The molecular formula is C22H24FN3O3. The Morgan fingerprint density at radius 1 is 1.10 bits per heavy atom. The number of aliphatic hydroxyl groups excluding tert-OH is 1. The number of likely N-dealkylation sites (N-methyl/N-ethyl adjacent to an activating group) is 1. The number of hydrogen-bond acceptors (Lipinski definition) is 5. The van der Waals surface area contributed by atoms with Crippen molar-refractivity contribution in [3.63, 3.8) is 0 Å². The number of carbonyl (C=O) groups is 2. The monoisotopic (exact) mass is 397 g/mol. The fraction of sp³-hybridized carbons (Fsp3) is 0.318. The van der Waals surface area contributed by atoms with Crippen LogP contribution in [-0.4, -0.2) is 57.8 Å². The molecule has 2 aromatic rings. The normalized spacial score (nSPS) is 18.6. The third-order valence-electron chi connectivity index (χ3n) is 5.23. The number of amides is 1. The van der Waals surface area contributed by atoms with E-state index in [2.05, 4.69) is 9.88 Å². The first-order valence-electron chi connectivity index (χ1n) is 9.64. The smallest absolute Gasteiger partial charge is 0.295 e. The van der Waals surface area contributed by atoms with Gasteiger partial charge in [-0.2, -0.15) is 0 Å². The number of nitrogens with zero attached hydrogens (tertiary/aromatic N) is 3. The van der Waals surface area contributed by atoms with E-state index < -0.39 is 23.5 Å². The molecule has 0 bridgehead atoms. The summed E-state index contributed by atoms with van der Waals surface area (Å²) in [5, 5.41) is 10.8. The van der Waals surface area contributed by atoms with Gasteiger partial charge < -0.3 is 14.9 Å². The molecule has 0 aliphatic carbocycles. The molecule has 29 heavy (non-hydrogen) atoms. The van der Waals surface area contributed by atoms with Gasteiger partial charge in [-0.1, -0.05) is 26.0 Å². The first-order valence-corrected chi connectivity index (χ1v) is 9.64. The summed E-state index contributed by atoms with van der Waals surface area (Å²) in [7, 11) is 0. The molecule has 1 aromatic carbocycles. The molecule has 1 N–H and O–H groups in total. The highest BCUT2D eigenvalue weighted by atomic mass is 19.1. The molecule has 2 heterocycles. The lowest BCUT2D eigenvalue weighted by molar-refractivity contribution is -0.140. The highest BCUT2D eigenvalue weighted by Gasteiger charge is 2.45. The van der Waals surface area contributed by atoms with Crippen molar-refractivity contribution in [2.45, 2.75) is 19.9 Å². The Labute approximate surface area is 169 Å². The second-order valence-corrected chi connectivity index (χ2v) is 6.81. The van der Waals surface area contributed by atoms with Crippen molar-refractivity contribution in [1.29, 1.82) is 0 Å². The fourth-order valence-electron chi connectivity index (χ4n) is 3.56. The lowest BCUT2D eigenvalue weighted by Gasteiger charge is -2.28. The second kappa shape index (κ2) is 8.96. The Balaban J connectivity index is 2.07. The minimum absolute atomic E-state index is 0.00681. The van der Waals surface area contributed by atoms with Gasteiger partial charge in [0, 0.05) is 31.0 Å². The summed E-state index contributed by atoms with van der Waals surface area (Å²) < 4.78 is 13.5. The van der Waals surface area contributed by atoms with Crippen LogP contribution in [0.4, 0.5) is 4.39 Å². The molecule has 6 nitrogen and oxygen atoms in total. The quantitative estimate of drug-likeness (QED) is 0.442. The number of likely N-dealkylation sites (tertiary alicyclic amines) is 1. The number of benzene rings is 1. The van der Waals surface area contributed by atoms with Gasteiger partial charge in [0.25, 0.3) is 11.7 Å². The summed E-state index contributed by atoms with van der Waals surface area (Å²) >= 11 is 0. The maximum absolute atomic E-state index is 13.5. The van der Waals surface area contributed by atoms with Crippen LogP contribution in [0.5, 0.6) is 0 Å². The van der Waals surface area contributed by atoms with Crippen LogP contribution in [0.2, 0.25) is 0 Å². The van der Waals surface area contributed by atoms with Crippen molar-refractivity contribution in [2.75, 3.05) is 26.2 Å². The zero-order chi connectivity index (χ0) is 21.0. The lowest BCUT2D eigenvalue weighted by atomic mass is 9.95. The van der Waals surface area contributed by atoms with E-state index in [0.717, 1.165) is 13.1 Å². The molecule has 1 fully saturated rings. The van der Waals surface area contributed by atoms with Crippen LogP contribution >= 0.6 is 0 Å². The number of hydrogen-bond donors (Lipinski definition) is 1. The van der Waals surface area contributed by atoms with Crippen LogP contribution in [0.25, 0.3) is 5.76 Å². The highest BCUT2D eigenvalue weighted by molar-refractivity contribution is 6.46. The molecule has 0 radical (unpaired) electrons. The van der Waals surface area contributed by atoms with Gasteiger partial charge in [0.2, 0.25) is 0 Å². The van der Waals surface area contributed by atoms with Crippen LogP contribution in [0.15, 0.2) is 54.4 Å². The van der Waals surface area contributed by atoms with Crippen molar-refractivity contribution in [2.24, 2.45) is 0 Å². The Morgan fingerprint density at radius 2 is 1.72 bits per heavy atom. The molecule has 0 unspecified atom stereocenters. The van der Waals surface area contributed by atoms with Crippen molar-refractivity contribution in [3.05, 3.63) is 71.3 Å². The number of Topliss-reactive ketones (excluding diaryl/α,β-unsaturated/α-hetero) is 1. The molecule has 0 spiro atoms. The van der Waals surface area contributed by atoms with Crippen LogP contribution in [-0.2, 0) is 9.59 Å². The Hall–Kier alpha value is -3.06. The molecule has 1 amide bonds. The predicted molar refractivity (Wildman–Crippen MR) is 107 cm³/mol. The maximum atomic E-state index is 13.5. The van der Waals surface area contributed by atoms with Gasteiger partial charge in [-0.3, -0.25) is 14.6 Å². The Kier molecular flexibility index (Phi) is 6.39. The number of rotatable bonds is 7. The molecule has 1 aliphatic rings. The fourth-order valence-corrected chi connectivity index (χ4v) is 3.56. The topological polar surface area (TPSA) is 73.7 Å². The zero-order valence-electron chi connectivity index (χ0n) is 16.5. The first-order chi connectivity index (χ1) is 14.0. The highest BCUT2D eigenvalue weighted by Crippen LogP contribution is 2.39. The first kappa shape index (κ1) is 20.7. The summed E-state index contributed by atoms with van der Waals surface area (Å²) in [6.45, 7) is 6.60. The van der Waals surface area contributed by atoms with Crippen LogP contribution < -0.4 is 0 Å². The van der Waals surface area contributed by atoms with Crippen molar-refractivity contribution in [3.8, 4) is 0 Å². The van der Waals surface area contributed by atoms with E-state index in [-0.39, 0.29) is 11.3 Å². The van der Waals surface area contributed by atoms with Gasteiger partial charge >= 0.3 is 0 Å². The van der Waals surface area contributed by atoms with E-state index >= 15 is 0 Å². The number of pyridine rings is 1. The molecule has 1 saturated heterocycles. The van der Waals surface area contributed by atoms with Crippen LogP contribution in [0.3, 0.4) is 0 Å². The van der Waals surface area contributed by atoms with Gasteiger partial charge in [-0.25, -0.2) is 4.39 Å². The van der Waals surface area contributed by atoms with E-state index in [1.54, 1.807) is 12.1 Å². The van der Waals surface area contributed by atoms with E-state index in [0.29, 0.717) is 24.2 Å². The van der Waals surface area contributed by atoms with E-state index in [9.17, 15) is 19.1 Å². The van der Waals surface area contributed by atoms with Gasteiger partial charge in [0.1, 0.15) is 11.6 Å². The summed E-state index contributed by atoms with van der Waals surface area (Å²) in [6.07, 6.45) is 3.00. The third-order valence-corrected chi connectivity index (χ3v) is 5.23. The van der Waals surface area contributed by atoms with Gasteiger partial charge in [-0.05, 0) is 42.9 Å². The SMILES string of the molecule is CCN(CC)CCN1C(=O)C(=O)/C(=C(/O)c2ccncc2)[C@H]1c1ccc(F)cc1. The third kappa shape index (κ3) is 4.19. The molecule has 152 valence electrons. The van der Waals surface area contributed by atoms with Crippen LogP contribution in [0, 0.1) is 5.82 Å². The number of aromatic nitrogens is 1. The summed E-state index contributed by atoms with van der Waals surface area (Å²) in [5.74, 6) is -2.08. The molecule has 1 aliphatic heterocycles. The predicted octanol–water partition coefficient (Wildman–Crippen LogP) is 2.98. The van der Waals surface area contributed by atoms with Crippen LogP contribution in [0.1, 0.15) is 31.0 Å². The second-order valence-electron chi connectivity index (χ2n) is 6.81. The summed E-state index contributed by atoms with van der Waals surface area (Å²) in [5.41, 5.74) is 0.974. The minimum Gasteiger partial charge on any atom is -0.507 e. The summed E-state index contributed by atoms with van der Waals surface area (Å²) in [4.78, 5) is 33.2. The largest absolute Gasteiger partial charge is 0.507 e. The maximum Gasteiger partial charge on any atom is 0.295 e. The van der Waals surface area contributed by atoms with Gasteiger partial charge in [0.15, 0.2) is 0 Å². The van der Waals surface area contributed by atoms with Crippen molar-refractivity contribution in [1.82, 2.24) is 14.8 Å². The van der Waals surface area contributed by atoms with E-state index in [4.69, 9.17) is 0 Å². The number of ketones is 1. The standard InChI is InChI=1S/C22H24FN3O3/c1-3-25(4-2)13-14-26-19(15-5-7-17(23)8-6-15)18(21(28)22(26)29)20(27)16-9-11-24-12-10-16/h5-12,19,27H,3-4,13-14H2,1-2H3/b20-18+/t19-/m1/s1. The van der Waals surface area contributed by atoms with Gasteiger partial charge in [0.05, 0.1) is 11.6 Å². The van der Waals surface area contributed by atoms with E-state index in [1.807, 2.05) is 13.8 Å². The lowest BCUT2D eigenvalue weighted by Crippen LogP contribution is -2.38. The molecular weight excluding hydrogens is 373 g/mol.